The Morgan fingerprint density at radius 1 is 1.63 bits per heavy atom. The summed E-state index contributed by atoms with van der Waals surface area (Å²) in [5.74, 6) is -0.467. The van der Waals surface area contributed by atoms with Gasteiger partial charge >= 0.3 is 0 Å². The number of amides is 1. The summed E-state index contributed by atoms with van der Waals surface area (Å²) in [5.41, 5.74) is 7.65. The molecule has 0 bridgehead atoms. The number of hydrogen-bond acceptors (Lipinski definition) is 3. The summed E-state index contributed by atoms with van der Waals surface area (Å²) in [6, 6.07) is 3.97. The van der Waals surface area contributed by atoms with Crippen molar-refractivity contribution in [3.8, 4) is 0 Å². The number of methoxy groups -OCH3 is 1. The normalized spacial score (nSPS) is 19.6. The summed E-state index contributed by atoms with van der Waals surface area (Å²) in [4.78, 5) is 11.9. The summed E-state index contributed by atoms with van der Waals surface area (Å²) in [5, 5.41) is 2.91. The number of aryl methyl sites for hydroxylation is 1. The van der Waals surface area contributed by atoms with Gasteiger partial charge in [-0.2, -0.15) is 0 Å². The van der Waals surface area contributed by atoms with E-state index in [1.807, 2.05) is 0 Å². The number of rotatable bonds is 4. The number of nitrogens with two attached hydrogens (primary N) is 1. The van der Waals surface area contributed by atoms with Crippen molar-refractivity contribution in [1.29, 1.82) is 0 Å². The van der Waals surface area contributed by atoms with Crippen LogP contribution in [-0.2, 0) is 16.0 Å². The fraction of sp³-hybridized carbons (Fsp3) is 0.500. The lowest BCUT2D eigenvalue weighted by molar-refractivity contribution is -0.124. The first-order chi connectivity index (χ1) is 9.11. The Morgan fingerprint density at radius 2 is 2.42 bits per heavy atom. The molecule has 0 spiro atoms. The number of ether oxygens (including phenoxy) is 1. The van der Waals surface area contributed by atoms with Crippen molar-refractivity contribution in [3.05, 3.63) is 35.1 Å². The predicted octanol–water partition coefficient (Wildman–Crippen LogP) is 1.29. The minimum absolute atomic E-state index is 0.0836. The van der Waals surface area contributed by atoms with E-state index in [1.54, 1.807) is 12.1 Å². The largest absolute Gasteiger partial charge is 0.383 e. The van der Waals surface area contributed by atoms with Crippen molar-refractivity contribution >= 4 is 5.91 Å². The number of nitrogens with one attached hydrogen (secondary N) is 1. The maximum absolute atomic E-state index is 13.2. The van der Waals surface area contributed by atoms with E-state index in [2.05, 4.69) is 5.32 Å². The zero-order valence-electron chi connectivity index (χ0n) is 11.0. The van der Waals surface area contributed by atoms with Crippen LogP contribution in [0.2, 0.25) is 0 Å². The predicted molar refractivity (Wildman–Crippen MR) is 70.1 cm³/mol. The molecule has 104 valence electrons. The van der Waals surface area contributed by atoms with Crippen LogP contribution < -0.4 is 11.1 Å². The smallest absolute Gasteiger partial charge is 0.239 e. The Hall–Kier alpha value is -1.46. The number of benzene rings is 1. The van der Waals surface area contributed by atoms with Crippen LogP contribution >= 0.6 is 0 Å². The van der Waals surface area contributed by atoms with E-state index < -0.39 is 6.04 Å². The average Bonchev–Trinajstić information content (AvgIpc) is 2.38. The second-order valence-electron chi connectivity index (χ2n) is 4.86. The van der Waals surface area contributed by atoms with E-state index >= 15 is 0 Å². The van der Waals surface area contributed by atoms with Gasteiger partial charge in [0.25, 0.3) is 0 Å². The third kappa shape index (κ3) is 3.30. The van der Waals surface area contributed by atoms with Crippen molar-refractivity contribution in [2.75, 3.05) is 13.7 Å². The molecule has 1 amide bonds. The molecule has 1 aromatic carbocycles. The van der Waals surface area contributed by atoms with Gasteiger partial charge in [0, 0.05) is 7.11 Å². The Kier molecular flexibility index (Phi) is 4.50. The quantitative estimate of drug-likeness (QED) is 0.863. The van der Waals surface area contributed by atoms with E-state index in [0.29, 0.717) is 0 Å². The molecule has 4 nitrogen and oxygen atoms in total. The Balaban J connectivity index is 2.09. The molecular formula is C14H19FN2O2. The summed E-state index contributed by atoms with van der Waals surface area (Å²) < 4.78 is 18.1. The molecule has 0 saturated carbocycles. The third-order valence-electron chi connectivity index (χ3n) is 3.42. The van der Waals surface area contributed by atoms with Gasteiger partial charge in [0.15, 0.2) is 0 Å². The summed E-state index contributed by atoms with van der Waals surface area (Å²) in [6.07, 6.45) is 2.63. The van der Waals surface area contributed by atoms with Gasteiger partial charge in [-0.3, -0.25) is 4.79 Å². The van der Waals surface area contributed by atoms with Crippen LogP contribution in [0.3, 0.4) is 0 Å². The Morgan fingerprint density at radius 3 is 3.16 bits per heavy atom. The summed E-state index contributed by atoms with van der Waals surface area (Å²) in [6.45, 7) is 0.189. The molecule has 0 fully saturated rings. The topological polar surface area (TPSA) is 64.3 Å². The molecule has 3 N–H and O–H groups in total. The minimum Gasteiger partial charge on any atom is -0.383 e. The number of halogens is 1. The van der Waals surface area contributed by atoms with Crippen LogP contribution in [0, 0.1) is 5.82 Å². The zero-order chi connectivity index (χ0) is 13.8. The van der Waals surface area contributed by atoms with E-state index in [0.717, 1.165) is 30.4 Å². The average molecular weight is 266 g/mol. The van der Waals surface area contributed by atoms with Crippen molar-refractivity contribution < 1.29 is 13.9 Å². The molecule has 0 aliphatic heterocycles. The van der Waals surface area contributed by atoms with Gasteiger partial charge in [-0.05, 0) is 42.5 Å². The van der Waals surface area contributed by atoms with Gasteiger partial charge in [-0.25, -0.2) is 4.39 Å². The lowest BCUT2D eigenvalue weighted by Crippen LogP contribution is -2.45. The van der Waals surface area contributed by atoms with Gasteiger partial charge in [-0.1, -0.05) is 6.07 Å². The first kappa shape index (κ1) is 14.0. The molecule has 2 unspecified atom stereocenters. The summed E-state index contributed by atoms with van der Waals surface area (Å²) in [7, 11) is 1.51. The lowest BCUT2D eigenvalue weighted by Gasteiger charge is -2.27. The van der Waals surface area contributed by atoms with Crippen LogP contribution in [0.25, 0.3) is 0 Å². The maximum atomic E-state index is 13.2. The van der Waals surface area contributed by atoms with E-state index in [-0.39, 0.29) is 24.4 Å². The SMILES string of the molecule is COCC(N)C(=O)NC1CCCc2cc(F)ccc21. The van der Waals surface area contributed by atoms with Crippen molar-refractivity contribution in [3.63, 3.8) is 0 Å². The van der Waals surface area contributed by atoms with Crippen LogP contribution in [0.1, 0.15) is 30.0 Å². The number of hydrogen-bond donors (Lipinski definition) is 2. The fourth-order valence-corrected chi connectivity index (χ4v) is 2.47. The molecule has 19 heavy (non-hydrogen) atoms. The first-order valence-corrected chi connectivity index (χ1v) is 6.45. The van der Waals surface area contributed by atoms with E-state index in [1.165, 1.54) is 13.2 Å². The van der Waals surface area contributed by atoms with E-state index in [9.17, 15) is 9.18 Å². The molecule has 1 aliphatic rings. The second kappa shape index (κ2) is 6.12. The third-order valence-corrected chi connectivity index (χ3v) is 3.42. The highest BCUT2D eigenvalue weighted by Gasteiger charge is 2.24. The van der Waals surface area contributed by atoms with Crippen molar-refractivity contribution in [2.45, 2.75) is 31.3 Å². The maximum Gasteiger partial charge on any atom is 0.239 e. The standard InChI is InChI=1S/C14H19FN2O2/c1-19-8-12(16)14(18)17-13-4-2-3-9-7-10(15)5-6-11(9)13/h5-7,12-13H,2-4,8,16H2,1H3,(H,17,18). The van der Waals surface area contributed by atoms with Crippen molar-refractivity contribution in [1.82, 2.24) is 5.32 Å². The van der Waals surface area contributed by atoms with Crippen LogP contribution in [-0.4, -0.2) is 25.7 Å². The molecular weight excluding hydrogens is 247 g/mol. The highest BCUT2D eigenvalue weighted by Crippen LogP contribution is 2.30. The van der Waals surface area contributed by atoms with Gasteiger partial charge < -0.3 is 15.8 Å². The van der Waals surface area contributed by atoms with Gasteiger partial charge in [0.1, 0.15) is 11.9 Å². The van der Waals surface area contributed by atoms with Crippen LogP contribution in [0.4, 0.5) is 4.39 Å². The van der Waals surface area contributed by atoms with E-state index in [4.69, 9.17) is 10.5 Å². The molecule has 2 atom stereocenters. The zero-order valence-corrected chi connectivity index (χ0v) is 11.0. The molecule has 0 heterocycles. The molecule has 1 aromatic rings. The Labute approximate surface area is 112 Å². The van der Waals surface area contributed by atoms with Gasteiger partial charge in [0.05, 0.1) is 12.6 Å². The second-order valence-corrected chi connectivity index (χ2v) is 4.86. The Bertz CT molecular complexity index is 465. The molecule has 0 aromatic heterocycles. The van der Waals surface area contributed by atoms with Crippen LogP contribution in [0.15, 0.2) is 18.2 Å². The fourth-order valence-electron chi connectivity index (χ4n) is 2.47. The van der Waals surface area contributed by atoms with Gasteiger partial charge in [-0.15, -0.1) is 0 Å². The number of carbonyl (C=O) groups is 1. The number of fused-ring (bicyclic) bond motifs is 1. The molecule has 1 aliphatic carbocycles. The highest BCUT2D eigenvalue weighted by atomic mass is 19.1. The first-order valence-electron chi connectivity index (χ1n) is 6.45. The molecule has 2 rings (SSSR count). The van der Waals surface area contributed by atoms with Crippen molar-refractivity contribution in [2.24, 2.45) is 5.73 Å². The number of carbonyl (C=O) groups excluding carboxylic acids is 1. The highest BCUT2D eigenvalue weighted by molar-refractivity contribution is 5.82. The lowest BCUT2D eigenvalue weighted by atomic mass is 9.87. The summed E-state index contributed by atoms with van der Waals surface area (Å²) >= 11 is 0. The minimum atomic E-state index is -0.671. The molecule has 0 radical (unpaired) electrons. The van der Waals surface area contributed by atoms with Crippen LogP contribution in [0.5, 0.6) is 0 Å². The monoisotopic (exact) mass is 266 g/mol. The molecule has 5 heteroatoms. The van der Waals surface area contributed by atoms with Gasteiger partial charge in [0.2, 0.25) is 5.91 Å². The molecule has 0 saturated heterocycles.